The van der Waals surface area contributed by atoms with Gasteiger partial charge in [0.05, 0.1) is 5.69 Å². The summed E-state index contributed by atoms with van der Waals surface area (Å²) < 4.78 is 3.97. The van der Waals surface area contributed by atoms with E-state index in [0.717, 1.165) is 55.2 Å². The average Bonchev–Trinajstić information content (AvgIpc) is 3.22. The summed E-state index contributed by atoms with van der Waals surface area (Å²) in [7, 11) is 0. The molecule has 1 aromatic carbocycles. The largest absolute Gasteiger partial charge is 0.355 e. The predicted molar refractivity (Wildman–Crippen MR) is 125 cm³/mol. The maximum absolute atomic E-state index is 13.1. The highest BCUT2D eigenvalue weighted by molar-refractivity contribution is 6.30. The molecule has 1 aliphatic heterocycles. The maximum atomic E-state index is 13.1. The van der Waals surface area contributed by atoms with Gasteiger partial charge in [0, 0.05) is 42.0 Å². The van der Waals surface area contributed by atoms with Crippen LogP contribution < -0.4 is 10.5 Å². The van der Waals surface area contributed by atoms with Crippen LogP contribution in [0.25, 0.3) is 17.0 Å². The van der Waals surface area contributed by atoms with Crippen LogP contribution in [0.4, 0.5) is 5.82 Å². The molecule has 0 aliphatic carbocycles. The average molecular weight is 427 g/mol. The summed E-state index contributed by atoms with van der Waals surface area (Å²) in [4.78, 5) is 20.4. The van der Waals surface area contributed by atoms with Crippen molar-refractivity contribution in [3.63, 3.8) is 0 Å². The van der Waals surface area contributed by atoms with Crippen LogP contribution >= 0.6 is 11.6 Å². The Morgan fingerprint density at radius 1 is 1.13 bits per heavy atom. The zero-order chi connectivity index (χ0) is 21.1. The first kappa shape index (κ1) is 21.0. The Hall–Kier alpha value is -2.27. The van der Waals surface area contributed by atoms with E-state index in [1.165, 1.54) is 25.7 Å². The number of anilines is 1. The molecule has 5 nitrogen and oxygen atoms in total. The summed E-state index contributed by atoms with van der Waals surface area (Å²) >= 11 is 6.05. The minimum Gasteiger partial charge on any atom is -0.355 e. The first-order valence-corrected chi connectivity index (χ1v) is 11.7. The fourth-order valence-corrected chi connectivity index (χ4v) is 4.67. The summed E-state index contributed by atoms with van der Waals surface area (Å²) in [5.74, 6) is 1.77. The zero-order valence-corrected chi connectivity index (χ0v) is 18.7. The molecule has 160 valence electrons. The summed E-state index contributed by atoms with van der Waals surface area (Å²) in [5.41, 5.74) is 1.75. The van der Waals surface area contributed by atoms with Gasteiger partial charge in [-0.2, -0.15) is 0 Å². The predicted octanol–water partition coefficient (Wildman–Crippen LogP) is 5.78. The number of unbranched alkanes of at least 4 members (excludes halogenated alkanes) is 2. The van der Waals surface area contributed by atoms with E-state index in [1.807, 2.05) is 36.5 Å². The van der Waals surface area contributed by atoms with Crippen LogP contribution in [0, 0.1) is 0 Å². The number of fused-ring (bicyclic) bond motifs is 1. The third-order valence-corrected chi connectivity index (χ3v) is 6.47. The van der Waals surface area contributed by atoms with Gasteiger partial charge in [-0.3, -0.25) is 13.8 Å². The van der Waals surface area contributed by atoms with Gasteiger partial charge in [-0.1, -0.05) is 50.4 Å². The Balaban J connectivity index is 1.85. The number of halogens is 1. The van der Waals surface area contributed by atoms with E-state index in [1.54, 1.807) is 4.40 Å². The number of aromatic nitrogens is 3. The van der Waals surface area contributed by atoms with E-state index in [9.17, 15) is 4.79 Å². The van der Waals surface area contributed by atoms with Crippen molar-refractivity contribution < 1.29 is 0 Å². The van der Waals surface area contributed by atoms with E-state index in [2.05, 4.69) is 23.3 Å². The van der Waals surface area contributed by atoms with Crippen molar-refractivity contribution in [2.75, 3.05) is 11.4 Å². The lowest BCUT2D eigenvalue weighted by Gasteiger charge is -2.38. The standard InChI is InChI=1S/C24H31ClN4O/c1-3-5-7-15-28-22(27-14-8-6-9-20(27)4-2)16-23(30)29-17-21(26-24(28)29)18-10-12-19(25)13-11-18/h10-13,16-17,20H,3-9,14-15H2,1-2H3. The molecule has 3 aromatic rings. The second-order valence-electron chi connectivity index (χ2n) is 8.25. The lowest BCUT2D eigenvalue weighted by atomic mass is 10.00. The van der Waals surface area contributed by atoms with Gasteiger partial charge in [0.1, 0.15) is 5.82 Å². The van der Waals surface area contributed by atoms with Crippen molar-refractivity contribution in [2.45, 2.75) is 71.4 Å². The van der Waals surface area contributed by atoms with Crippen molar-refractivity contribution >= 4 is 23.2 Å². The number of rotatable bonds is 7. The molecule has 0 N–H and O–H groups in total. The minimum atomic E-state index is -0.0140. The van der Waals surface area contributed by atoms with Gasteiger partial charge in [0.25, 0.3) is 5.56 Å². The van der Waals surface area contributed by atoms with Crippen molar-refractivity contribution in [1.29, 1.82) is 0 Å². The lowest BCUT2D eigenvalue weighted by molar-refractivity contribution is 0.437. The molecule has 4 rings (SSSR count). The SMILES string of the molecule is CCCCCn1c(N2CCCCC2CC)cc(=O)n2cc(-c3ccc(Cl)cc3)nc12. The Morgan fingerprint density at radius 2 is 1.93 bits per heavy atom. The Labute approximate surface area is 183 Å². The number of benzene rings is 1. The molecular weight excluding hydrogens is 396 g/mol. The molecule has 6 heteroatoms. The van der Waals surface area contributed by atoms with Gasteiger partial charge in [-0.15, -0.1) is 0 Å². The summed E-state index contributed by atoms with van der Waals surface area (Å²) in [5, 5.41) is 0.694. The van der Waals surface area contributed by atoms with Crippen LogP contribution in [0.1, 0.15) is 58.8 Å². The smallest absolute Gasteiger partial charge is 0.261 e. The second kappa shape index (κ2) is 9.25. The Kier molecular flexibility index (Phi) is 6.47. The second-order valence-corrected chi connectivity index (χ2v) is 8.69. The van der Waals surface area contributed by atoms with Gasteiger partial charge in [0.2, 0.25) is 5.78 Å². The molecule has 1 aliphatic rings. The highest BCUT2D eigenvalue weighted by atomic mass is 35.5. The highest BCUT2D eigenvalue weighted by Crippen LogP contribution is 2.28. The van der Waals surface area contributed by atoms with E-state index in [0.29, 0.717) is 11.1 Å². The normalized spacial score (nSPS) is 17.0. The maximum Gasteiger partial charge on any atom is 0.261 e. The third kappa shape index (κ3) is 4.13. The quantitative estimate of drug-likeness (QED) is 0.450. The minimum absolute atomic E-state index is 0.0140. The first-order valence-electron chi connectivity index (χ1n) is 11.3. The van der Waals surface area contributed by atoms with Crippen LogP contribution in [-0.2, 0) is 6.54 Å². The number of piperidine rings is 1. The molecule has 0 radical (unpaired) electrons. The van der Waals surface area contributed by atoms with Crippen molar-refractivity contribution in [2.24, 2.45) is 0 Å². The summed E-state index contributed by atoms with van der Waals surface area (Å²) in [6, 6.07) is 9.94. The van der Waals surface area contributed by atoms with Gasteiger partial charge >= 0.3 is 0 Å². The van der Waals surface area contributed by atoms with Gasteiger partial charge < -0.3 is 4.90 Å². The van der Waals surface area contributed by atoms with Gasteiger partial charge in [-0.25, -0.2) is 4.98 Å². The first-order chi connectivity index (χ1) is 14.6. The highest BCUT2D eigenvalue weighted by Gasteiger charge is 2.25. The van der Waals surface area contributed by atoms with Crippen molar-refractivity contribution in [1.82, 2.24) is 14.0 Å². The van der Waals surface area contributed by atoms with Crippen LogP contribution in [0.15, 0.2) is 41.3 Å². The molecule has 1 fully saturated rings. The molecule has 1 unspecified atom stereocenters. The lowest BCUT2D eigenvalue weighted by Crippen LogP contribution is -2.41. The third-order valence-electron chi connectivity index (χ3n) is 6.21. The van der Waals surface area contributed by atoms with E-state index in [-0.39, 0.29) is 5.56 Å². The topological polar surface area (TPSA) is 42.5 Å². The molecule has 1 saturated heterocycles. The van der Waals surface area contributed by atoms with Crippen LogP contribution in [0.2, 0.25) is 5.02 Å². The molecule has 1 atom stereocenters. The number of nitrogens with zero attached hydrogens (tertiary/aromatic N) is 4. The fourth-order valence-electron chi connectivity index (χ4n) is 4.54. The number of hydrogen-bond donors (Lipinski definition) is 0. The molecular formula is C24H31ClN4O. The van der Waals surface area contributed by atoms with Crippen molar-refractivity contribution in [3.05, 3.63) is 51.9 Å². The molecule has 2 aromatic heterocycles. The monoisotopic (exact) mass is 426 g/mol. The van der Waals surface area contributed by atoms with Gasteiger partial charge in [0.15, 0.2) is 0 Å². The fraction of sp³-hybridized carbons (Fsp3) is 0.500. The van der Waals surface area contributed by atoms with Crippen LogP contribution in [0.3, 0.4) is 0 Å². The number of imidazole rings is 1. The van der Waals surface area contributed by atoms with Crippen LogP contribution in [0.5, 0.6) is 0 Å². The Morgan fingerprint density at radius 3 is 2.67 bits per heavy atom. The molecule has 0 bridgehead atoms. The Bertz CT molecular complexity index is 1050. The molecule has 0 saturated carbocycles. The molecule has 0 amide bonds. The van der Waals surface area contributed by atoms with E-state index < -0.39 is 0 Å². The molecule has 3 heterocycles. The summed E-state index contributed by atoms with van der Waals surface area (Å²) in [6.45, 7) is 6.34. The van der Waals surface area contributed by atoms with E-state index >= 15 is 0 Å². The van der Waals surface area contributed by atoms with Crippen molar-refractivity contribution in [3.8, 4) is 11.3 Å². The van der Waals surface area contributed by atoms with Gasteiger partial charge in [-0.05, 0) is 44.2 Å². The summed E-state index contributed by atoms with van der Waals surface area (Å²) in [6.07, 6.45) is 9.99. The zero-order valence-electron chi connectivity index (χ0n) is 18.0. The number of aryl methyl sites for hydroxylation is 1. The van der Waals surface area contributed by atoms with Crippen LogP contribution in [-0.4, -0.2) is 26.5 Å². The molecule has 30 heavy (non-hydrogen) atoms. The molecule has 0 spiro atoms. The van der Waals surface area contributed by atoms with E-state index in [4.69, 9.17) is 16.6 Å². The number of hydrogen-bond acceptors (Lipinski definition) is 3.